The van der Waals surface area contributed by atoms with E-state index in [1.807, 2.05) is 19.1 Å². The minimum Gasteiger partial charge on any atom is -0.488 e. The van der Waals surface area contributed by atoms with Crippen molar-refractivity contribution in [1.82, 2.24) is 9.97 Å². The van der Waals surface area contributed by atoms with Crippen molar-refractivity contribution < 1.29 is 9.47 Å². The third kappa shape index (κ3) is 7.21. The van der Waals surface area contributed by atoms with Crippen molar-refractivity contribution >= 4 is 17.2 Å². The first kappa shape index (κ1) is 24.6. The summed E-state index contributed by atoms with van der Waals surface area (Å²) in [5.41, 5.74) is 8.22. The first-order valence-electron chi connectivity index (χ1n) is 10.9. The molecule has 2 aromatic rings. The molecule has 1 unspecified atom stereocenters. The summed E-state index contributed by atoms with van der Waals surface area (Å²) in [5, 5.41) is 8.77. The lowest BCUT2D eigenvalue weighted by molar-refractivity contribution is 0.0788. The van der Waals surface area contributed by atoms with Crippen LogP contribution in [0.25, 0.3) is 0 Å². The molecule has 0 aliphatic rings. The maximum Gasteiger partial charge on any atom is 0.132 e. The van der Waals surface area contributed by atoms with E-state index < -0.39 is 0 Å². The normalized spacial score (nSPS) is 12.5. The van der Waals surface area contributed by atoms with E-state index in [1.54, 1.807) is 19.2 Å². The summed E-state index contributed by atoms with van der Waals surface area (Å²) in [4.78, 5) is 11.1. The van der Waals surface area contributed by atoms with E-state index in [2.05, 4.69) is 42.6 Å². The van der Waals surface area contributed by atoms with Crippen molar-refractivity contribution in [3.63, 3.8) is 0 Å². The highest BCUT2D eigenvalue weighted by Gasteiger charge is 2.19. The fraction of sp³-hybridized carbons (Fsp3) is 0.542. The average Bonchev–Trinajstić information content (AvgIpc) is 2.73. The van der Waals surface area contributed by atoms with Gasteiger partial charge >= 0.3 is 0 Å². The highest BCUT2D eigenvalue weighted by atomic mass is 16.5. The van der Waals surface area contributed by atoms with E-state index in [1.165, 1.54) is 6.33 Å². The Morgan fingerprint density at radius 1 is 1.19 bits per heavy atom. The van der Waals surface area contributed by atoms with Crippen LogP contribution in [0.15, 0.2) is 30.6 Å². The summed E-state index contributed by atoms with van der Waals surface area (Å²) in [6.45, 7) is 13.1. The number of nitrogen functional groups attached to an aromatic ring is 1. The van der Waals surface area contributed by atoms with Gasteiger partial charge in [0, 0.05) is 37.5 Å². The molecule has 0 aliphatic carbocycles. The minimum absolute atomic E-state index is 0.0543. The topological polar surface area (TPSA) is 97.4 Å². The Kier molecular flexibility index (Phi) is 8.80. The zero-order valence-electron chi connectivity index (χ0n) is 19.7. The van der Waals surface area contributed by atoms with Crippen LogP contribution < -0.4 is 15.4 Å². The number of nitrogens with two attached hydrogens (primary N) is 1. The van der Waals surface area contributed by atoms with E-state index >= 15 is 0 Å². The second kappa shape index (κ2) is 11.1. The largest absolute Gasteiger partial charge is 0.488 e. The Labute approximate surface area is 186 Å². The van der Waals surface area contributed by atoms with Crippen LogP contribution in [0.4, 0.5) is 11.5 Å². The molecular formula is C24H37N5O2. The maximum atomic E-state index is 8.77. The van der Waals surface area contributed by atoms with Gasteiger partial charge in [0.25, 0.3) is 0 Å². The Morgan fingerprint density at radius 3 is 2.55 bits per heavy atom. The van der Waals surface area contributed by atoms with Gasteiger partial charge in [-0.1, -0.05) is 34.6 Å². The first-order valence-corrected chi connectivity index (χ1v) is 10.9. The van der Waals surface area contributed by atoms with Crippen molar-refractivity contribution in [2.75, 3.05) is 37.4 Å². The number of hydrogen-bond donors (Lipinski definition) is 2. The molecular weight excluding hydrogens is 390 g/mol. The van der Waals surface area contributed by atoms with Crippen molar-refractivity contribution in [2.45, 2.75) is 53.6 Å². The third-order valence-corrected chi connectivity index (χ3v) is 4.80. The first-order chi connectivity index (χ1) is 14.7. The summed E-state index contributed by atoms with van der Waals surface area (Å²) in [6.07, 6.45) is 3.30. The van der Waals surface area contributed by atoms with E-state index in [0.717, 1.165) is 31.7 Å². The lowest BCUT2D eigenvalue weighted by Crippen LogP contribution is -2.34. The number of nitrogens with one attached hydrogen (secondary N) is 1. The van der Waals surface area contributed by atoms with Crippen LogP contribution in [-0.4, -0.2) is 48.6 Å². The SMILES string of the molecule is CCCN(CC(C)(C)C)c1cc(C(=N)c2cc(OC(CC)COC)ccc2N)ncn1. The Hall–Kier alpha value is -2.67. The smallest absolute Gasteiger partial charge is 0.132 e. The van der Waals surface area contributed by atoms with Gasteiger partial charge in [0.1, 0.15) is 24.0 Å². The van der Waals surface area contributed by atoms with Crippen LogP contribution >= 0.6 is 0 Å². The van der Waals surface area contributed by atoms with Gasteiger partial charge in [-0.05, 0) is 36.5 Å². The summed E-state index contributed by atoms with van der Waals surface area (Å²) in [5.74, 6) is 1.48. The number of methoxy groups -OCH3 is 1. The molecule has 1 aromatic heterocycles. The molecule has 0 aliphatic heterocycles. The predicted octanol–water partition coefficient (Wildman–Crippen LogP) is 4.54. The van der Waals surface area contributed by atoms with Gasteiger partial charge in [-0.3, -0.25) is 5.41 Å². The highest BCUT2D eigenvalue weighted by Crippen LogP contribution is 2.25. The maximum absolute atomic E-state index is 8.77. The Morgan fingerprint density at radius 2 is 1.94 bits per heavy atom. The number of nitrogens with zero attached hydrogens (tertiary/aromatic N) is 3. The van der Waals surface area contributed by atoms with E-state index in [9.17, 15) is 0 Å². The van der Waals surface area contributed by atoms with Crippen LogP contribution in [-0.2, 0) is 4.74 Å². The second-order valence-corrected chi connectivity index (χ2v) is 8.97. The van der Waals surface area contributed by atoms with Gasteiger partial charge in [-0.15, -0.1) is 0 Å². The molecule has 170 valence electrons. The molecule has 0 saturated carbocycles. The molecule has 0 amide bonds. The number of rotatable bonds is 11. The number of benzene rings is 1. The number of ether oxygens (including phenoxy) is 2. The highest BCUT2D eigenvalue weighted by molar-refractivity contribution is 6.13. The fourth-order valence-electron chi connectivity index (χ4n) is 3.35. The standard InChI is InChI=1S/C24H37N5O2/c1-7-11-29(15-24(3,4)5)22-13-21(27-16-28-22)23(26)19-12-18(9-10-20(19)25)31-17(8-2)14-30-6/h9-10,12-13,16-17,26H,7-8,11,14-15,25H2,1-6H3. The monoisotopic (exact) mass is 427 g/mol. The van der Waals surface area contributed by atoms with E-state index in [-0.39, 0.29) is 17.2 Å². The van der Waals surface area contributed by atoms with Crippen molar-refractivity contribution in [3.8, 4) is 5.75 Å². The zero-order chi connectivity index (χ0) is 23.0. The molecule has 0 bridgehead atoms. The average molecular weight is 428 g/mol. The van der Waals surface area contributed by atoms with Crippen molar-refractivity contribution in [2.24, 2.45) is 5.41 Å². The molecule has 7 nitrogen and oxygen atoms in total. The number of aromatic nitrogens is 2. The van der Waals surface area contributed by atoms with Crippen LogP contribution in [0.3, 0.4) is 0 Å². The molecule has 0 fully saturated rings. The molecule has 1 atom stereocenters. The minimum atomic E-state index is -0.0543. The Bertz CT molecular complexity index is 863. The molecule has 0 saturated heterocycles. The van der Waals surface area contributed by atoms with Gasteiger partial charge in [-0.2, -0.15) is 0 Å². The third-order valence-electron chi connectivity index (χ3n) is 4.80. The van der Waals surface area contributed by atoms with Gasteiger partial charge in [0.05, 0.1) is 18.0 Å². The molecule has 31 heavy (non-hydrogen) atoms. The lowest BCUT2D eigenvalue weighted by Gasteiger charge is -2.30. The van der Waals surface area contributed by atoms with E-state index in [4.69, 9.17) is 20.6 Å². The summed E-state index contributed by atoms with van der Waals surface area (Å²) in [7, 11) is 1.66. The molecule has 0 spiro atoms. The predicted molar refractivity (Wildman–Crippen MR) is 127 cm³/mol. The van der Waals surface area contributed by atoms with Crippen molar-refractivity contribution in [3.05, 3.63) is 41.9 Å². The van der Waals surface area contributed by atoms with Crippen LogP contribution in [0.5, 0.6) is 5.75 Å². The fourth-order valence-corrected chi connectivity index (χ4v) is 3.35. The number of hydrogen-bond acceptors (Lipinski definition) is 7. The molecule has 1 heterocycles. The number of anilines is 2. The van der Waals surface area contributed by atoms with Crippen LogP contribution in [0, 0.1) is 10.8 Å². The van der Waals surface area contributed by atoms with Gasteiger partial charge < -0.3 is 20.1 Å². The molecule has 7 heteroatoms. The summed E-state index contributed by atoms with van der Waals surface area (Å²) in [6, 6.07) is 7.26. The van der Waals surface area contributed by atoms with Gasteiger partial charge in [-0.25, -0.2) is 9.97 Å². The molecule has 0 radical (unpaired) electrons. The molecule has 3 N–H and O–H groups in total. The zero-order valence-corrected chi connectivity index (χ0v) is 19.7. The van der Waals surface area contributed by atoms with Crippen LogP contribution in [0.2, 0.25) is 0 Å². The van der Waals surface area contributed by atoms with E-state index in [0.29, 0.717) is 29.3 Å². The van der Waals surface area contributed by atoms with Crippen LogP contribution in [0.1, 0.15) is 58.7 Å². The summed E-state index contributed by atoms with van der Waals surface area (Å²) < 4.78 is 11.2. The molecule has 1 aromatic carbocycles. The Balaban J connectivity index is 2.32. The summed E-state index contributed by atoms with van der Waals surface area (Å²) >= 11 is 0. The molecule has 2 rings (SSSR count). The van der Waals surface area contributed by atoms with Gasteiger partial charge in [0.2, 0.25) is 0 Å². The lowest BCUT2D eigenvalue weighted by atomic mass is 9.96. The second-order valence-electron chi connectivity index (χ2n) is 8.97. The van der Waals surface area contributed by atoms with Gasteiger partial charge in [0.15, 0.2) is 0 Å². The van der Waals surface area contributed by atoms with Crippen molar-refractivity contribution in [1.29, 1.82) is 5.41 Å². The quantitative estimate of drug-likeness (QED) is 0.404.